The van der Waals surface area contributed by atoms with Gasteiger partial charge in [-0.15, -0.1) is 0 Å². The van der Waals surface area contributed by atoms with Crippen LogP contribution in [-0.2, 0) is 13.2 Å². The normalized spacial score (nSPS) is 10.4. The fourth-order valence-corrected chi connectivity index (χ4v) is 2.21. The molecule has 1 amide bonds. The molecule has 132 valence electrons. The minimum Gasteiger partial charge on any atom is -0.473 e. The second-order valence-corrected chi connectivity index (χ2v) is 5.43. The number of ether oxygens (including phenoxy) is 1. The Morgan fingerprint density at radius 2 is 1.85 bits per heavy atom. The molecule has 0 fully saturated rings. The number of carbonyl (C=O) groups excluding carboxylic acids is 1. The van der Waals surface area contributed by atoms with E-state index in [1.54, 1.807) is 0 Å². The van der Waals surface area contributed by atoms with Gasteiger partial charge in [0.15, 0.2) is 0 Å². The summed E-state index contributed by atoms with van der Waals surface area (Å²) in [5, 5.41) is 2.53. The van der Waals surface area contributed by atoms with E-state index in [4.69, 9.17) is 4.74 Å². The topological polar surface area (TPSA) is 64.1 Å². The van der Waals surface area contributed by atoms with Crippen LogP contribution in [0.1, 0.15) is 21.6 Å². The summed E-state index contributed by atoms with van der Waals surface area (Å²) in [6, 6.07) is 14.1. The lowest BCUT2D eigenvalue weighted by Gasteiger charge is -2.08. The Labute approximate surface area is 148 Å². The minimum atomic E-state index is -0.722. The summed E-state index contributed by atoms with van der Waals surface area (Å²) in [6.45, 7) is 0.217. The van der Waals surface area contributed by atoms with Crippen LogP contribution in [-0.4, -0.2) is 15.9 Å². The molecule has 0 radical (unpaired) electrons. The molecule has 5 nitrogen and oxygen atoms in total. The summed E-state index contributed by atoms with van der Waals surface area (Å²) in [5.41, 5.74) is 1.23. The van der Waals surface area contributed by atoms with Crippen LogP contribution in [0.5, 0.6) is 5.88 Å². The maximum atomic E-state index is 13.6. The summed E-state index contributed by atoms with van der Waals surface area (Å²) >= 11 is 0. The maximum absolute atomic E-state index is 13.6. The highest BCUT2D eigenvalue weighted by atomic mass is 19.1. The SMILES string of the molecule is O=C(NCc1ccc(F)cc1F)c1cc(OCc2ccccc2)ncn1. The van der Waals surface area contributed by atoms with Gasteiger partial charge in [0.1, 0.15) is 30.3 Å². The molecule has 0 saturated heterocycles. The van der Waals surface area contributed by atoms with Crippen LogP contribution in [0.2, 0.25) is 0 Å². The zero-order valence-corrected chi connectivity index (χ0v) is 13.7. The first kappa shape index (κ1) is 17.5. The Balaban J connectivity index is 1.60. The number of benzene rings is 2. The number of aromatic nitrogens is 2. The van der Waals surface area contributed by atoms with Crippen LogP contribution < -0.4 is 10.1 Å². The predicted octanol–water partition coefficient (Wildman–Crippen LogP) is 3.26. The summed E-state index contributed by atoms with van der Waals surface area (Å²) in [5.74, 6) is -1.66. The Kier molecular flexibility index (Phi) is 5.48. The average Bonchev–Trinajstić information content (AvgIpc) is 2.66. The molecule has 3 rings (SSSR count). The first-order valence-electron chi connectivity index (χ1n) is 7.83. The fourth-order valence-electron chi connectivity index (χ4n) is 2.21. The van der Waals surface area contributed by atoms with Crippen LogP contribution in [0.15, 0.2) is 60.9 Å². The molecule has 3 aromatic rings. The summed E-state index contributed by atoms with van der Waals surface area (Å²) < 4.78 is 32.0. The van der Waals surface area contributed by atoms with Gasteiger partial charge in [-0.1, -0.05) is 36.4 Å². The highest BCUT2D eigenvalue weighted by molar-refractivity contribution is 5.92. The third-order valence-electron chi connectivity index (χ3n) is 3.56. The molecule has 1 heterocycles. The van der Waals surface area contributed by atoms with Crippen LogP contribution in [0.4, 0.5) is 8.78 Å². The van der Waals surface area contributed by atoms with Gasteiger partial charge in [0, 0.05) is 24.2 Å². The van der Waals surface area contributed by atoms with Crippen molar-refractivity contribution in [2.75, 3.05) is 0 Å². The van der Waals surface area contributed by atoms with E-state index < -0.39 is 17.5 Å². The van der Waals surface area contributed by atoms with Crippen molar-refractivity contribution in [3.63, 3.8) is 0 Å². The van der Waals surface area contributed by atoms with E-state index in [0.717, 1.165) is 17.7 Å². The first-order valence-corrected chi connectivity index (χ1v) is 7.83. The Hall–Kier alpha value is -3.35. The lowest BCUT2D eigenvalue weighted by molar-refractivity contribution is 0.0944. The highest BCUT2D eigenvalue weighted by Gasteiger charge is 2.11. The second kappa shape index (κ2) is 8.15. The molecule has 26 heavy (non-hydrogen) atoms. The molecule has 1 aromatic heterocycles. The minimum absolute atomic E-state index is 0.0881. The van der Waals surface area contributed by atoms with Crippen molar-refractivity contribution in [3.05, 3.63) is 89.4 Å². The van der Waals surface area contributed by atoms with Crippen LogP contribution in [0, 0.1) is 11.6 Å². The van der Waals surface area contributed by atoms with Gasteiger partial charge < -0.3 is 10.1 Å². The van der Waals surface area contributed by atoms with E-state index in [9.17, 15) is 13.6 Å². The number of carbonyl (C=O) groups is 1. The first-order chi connectivity index (χ1) is 12.6. The average molecular weight is 355 g/mol. The molecule has 0 atom stereocenters. The highest BCUT2D eigenvalue weighted by Crippen LogP contribution is 2.12. The number of halogens is 2. The Bertz CT molecular complexity index is 904. The molecule has 0 aliphatic rings. The third-order valence-corrected chi connectivity index (χ3v) is 3.56. The van der Waals surface area contributed by atoms with E-state index in [1.807, 2.05) is 30.3 Å². The summed E-state index contributed by atoms with van der Waals surface area (Å²) in [7, 11) is 0. The van der Waals surface area contributed by atoms with Crippen molar-refractivity contribution < 1.29 is 18.3 Å². The smallest absolute Gasteiger partial charge is 0.270 e. The Morgan fingerprint density at radius 1 is 1.04 bits per heavy atom. The van der Waals surface area contributed by atoms with Crippen LogP contribution >= 0.6 is 0 Å². The number of hydrogen-bond donors (Lipinski definition) is 1. The van der Waals surface area contributed by atoms with Crippen molar-refractivity contribution in [1.29, 1.82) is 0 Å². The lowest BCUT2D eigenvalue weighted by atomic mass is 10.2. The largest absolute Gasteiger partial charge is 0.473 e. The molecule has 0 bridgehead atoms. The van der Waals surface area contributed by atoms with Gasteiger partial charge >= 0.3 is 0 Å². The number of amides is 1. The Morgan fingerprint density at radius 3 is 2.62 bits per heavy atom. The van der Waals surface area contributed by atoms with Crippen molar-refractivity contribution in [1.82, 2.24) is 15.3 Å². The molecule has 1 N–H and O–H groups in total. The van der Waals surface area contributed by atoms with E-state index >= 15 is 0 Å². The van der Waals surface area contributed by atoms with Gasteiger partial charge in [-0.2, -0.15) is 0 Å². The molecule has 0 saturated carbocycles. The monoisotopic (exact) mass is 355 g/mol. The van der Waals surface area contributed by atoms with Gasteiger partial charge in [0.05, 0.1) is 0 Å². The van der Waals surface area contributed by atoms with Gasteiger partial charge in [0.2, 0.25) is 5.88 Å². The molecular weight excluding hydrogens is 340 g/mol. The van der Waals surface area contributed by atoms with E-state index in [1.165, 1.54) is 18.5 Å². The fraction of sp³-hybridized carbons (Fsp3) is 0.105. The number of nitrogens with zero attached hydrogens (tertiary/aromatic N) is 2. The van der Waals surface area contributed by atoms with Crippen LogP contribution in [0.3, 0.4) is 0 Å². The standard InChI is InChI=1S/C19H15F2N3O2/c20-15-7-6-14(16(21)8-15)10-22-19(25)17-9-18(24-12-23-17)26-11-13-4-2-1-3-5-13/h1-9,12H,10-11H2,(H,22,25). The third kappa shape index (κ3) is 4.60. The zero-order valence-electron chi connectivity index (χ0n) is 13.7. The van der Waals surface area contributed by atoms with E-state index in [2.05, 4.69) is 15.3 Å². The molecule has 0 spiro atoms. The predicted molar refractivity (Wildman–Crippen MR) is 90.3 cm³/mol. The van der Waals surface area contributed by atoms with E-state index in [-0.39, 0.29) is 23.7 Å². The number of nitrogens with one attached hydrogen (secondary N) is 1. The van der Waals surface area contributed by atoms with Crippen molar-refractivity contribution in [2.45, 2.75) is 13.2 Å². The molecule has 7 heteroatoms. The van der Waals surface area contributed by atoms with E-state index in [0.29, 0.717) is 6.61 Å². The van der Waals surface area contributed by atoms with Gasteiger partial charge in [-0.25, -0.2) is 18.7 Å². The molecule has 0 unspecified atom stereocenters. The molecular formula is C19H15F2N3O2. The summed E-state index contributed by atoms with van der Waals surface area (Å²) in [4.78, 5) is 20.0. The number of rotatable bonds is 6. The maximum Gasteiger partial charge on any atom is 0.270 e. The van der Waals surface area contributed by atoms with Gasteiger partial charge in [-0.3, -0.25) is 4.79 Å². The molecule has 0 aliphatic heterocycles. The second-order valence-electron chi connectivity index (χ2n) is 5.43. The van der Waals surface area contributed by atoms with Crippen LogP contribution in [0.25, 0.3) is 0 Å². The number of hydrogen-bond acceptors (Lipinski definition) is 4. The van der Waals surface area contributed by atoms with Crippen molar-refractivity contribution >= 4 is 5.91 Å². The summed E-state index contributed by atoms with van der Waals surface area (Å²) in [6.07, 6.45) is 1.22. The molecule has 0 aliphatic carbocycles. The molecule has 2 aromatic carbocycles. The van der Waals surface area contributed by atoms with Crippen molar-refractivity contribution in [2.24, 2.45) is 0 Å². The zero-order chi connectivity index (χ0) is 18.4. The van der Waals surface area contributed by atoms with Crippen molar-refractivity contribution in [3.8, 4) is 5.88 Å². The van der Waals surface area contributed by atoms with Gasteiger partial charge in [-0.05, 0) is 11.6 Å². The quantitative estimate of drug-likeness (QED) is 0.737. The lowest BCUT2D eigenvalue weighted by Crippen LogP contribution is -2.24. The van der Waals surface area contributed by atoms with Gasteiger partial charge in [0.25, 0.3) is 5.91 Å².